The number of likely N-dealkylation sites (N-methyl/N-ethyl adjacent to an activating group) is 1. The van der Waals surface area contributed by atoms with Gasteiger partial charge < -0.3 is 4.74 Å². The van der Waals surface area contributed by atoms with Crippen LogP contribution >= 0.6 is 0 Å². The van der Waals surface area contributed by atoms with Gasteiger partial charge in [-0.25, -0.2) is 0 Å². The Hall–Kier alpha value is -0.830. The van der Waals surface area contributed by atoms with Gasteiger partial charge in [0, 0.05) is 13.0 Å². The highest BCUT2D eigenvalue weighted by atomic mass is 16.5. The number of rotatable bonds is 4. The molecule has 0 spiro atoms. The number of ether oxygens (including phenoxy) is 1. The van der Waals surface area contributed by atoms with Crippen LogP contribution in [0.5, 0.6) is 0 Å². The van der Waals surface area contributed by atoms with Crippen molar-refractivity contribution in [3.63, 3.8) is 0 Å². The molecule has 0 heterocycles. The molecule has 0 aromatic carbocycles. The molecule has 0 aromatic rings. The zero-order valence-corrected chi connectivity index (χ0v) is 9.90. The Morgan fingerprint density at radius 2 is 2.00 bits per heavy atom. The zero-order chi connectivity index (χ0) is 11.3. The van der Waals surface area contributed by atoms with Gasteiger partial charge in [0.05, 0.1) is 0 Å². The topological polar surface area (TPSA) is 29.5 Å². The van der Waals surface area contributed by atoms with Crippen LogP contribution in [0.3, 0.4) is 0 Å². The lowest BCUT2D eigenvalue weighted by Gasteiger charge is -2.31. The second kappa shape index (κ2) is 5.91. The molecule has 0 unspecified atom stereocenters. The van der Waals surface area contributed by atoms with Crippen molar-refractivity contribution in [3.8, 4) is 0 Å². The first-order chi connectivity index (χ1) is 7.17. The van der Waals surface area contributed by atoms with Crippen molar-refractivity contribution in [2.24, 2.45) is 0 Å². The van der Waals surface area contributed by atoms with E-state index in [1.54, 1.807) is 0 Å². The molecule has 0 aromatic heterocycles. The van der Waals surface area contributed by atoms with E-state index in [-0.39, 0.29) is 12.1 Å². The van der Waals surface area contributed by atoms with Gasteiger partial charge in [-0.15, -0.1) is 0 Å². The third-order valence-electron chi connectivity index (χ3n) is 2.89. The maximum Gasteiger partial charge on any atom is 0.303 e. The van der Waals surface area contributed by atoms with E-state index >= 15 is 0 Å². The van der Waals surface area contributed by atoms with Gasteiger partial charge >= 0.3 is 5.97 Å². The molecule has 0 radical (unpaired) electrons. The van der Waals surface area contributed by atoms with E-state index in [4.69, 9.17) is 4.74 Å². The summed E-state index contributed by atoms with van der Waals surface area (Å²) in [7, 11) is 0. The molecule has 1 rings (SSSR count). The van der Waals surface area contributed by atoms with Crippen molar-refractivity contribution >= 4 is 5.97 Å². The number of hydrogen-bond donors (Lipinski definition) is 0. The summed E-state index contributed by atoms with van der Waals surface area (Å²) in [6.45, 7) is 7.96. The summed E-state index contributed by atoms with van der Waals surface area (Å²) < 4.78 is 5.14. The molecular weight excluding hydrogens is 190 g/mol. The van der Waals surface area contributed by atoms with Gasteiger partial charge in [-0.3, -0.25) is 9.69 Å². The summed E-state index contributed by atoms with van der Waals surface area (Å²) in [4.78, 5) is 13.2. The van der Waals surface area contributed by atoms with E-state index in [0.29, 0.717) is 6.04 Å². The molecule has 3 heteroatoms. The van der Waals surface area contributed by atoms with Crippen LogP contribution in [0.1, 0.15) is 33.6 Å². The molecule has 0 aliphatic heterocycles. The molecule has 1 aliphatic carbocycles. The highest BCUT2D eigenvalue weighted by Crippen LogP contribution is 2.18. The predicted octanol–water partition coefficient (Wildman–Crippen LogP) is 1.98. The molecular formula is C12H21NO2. The number of carbonyl (C=O) groups excluding carboxylic acids is 1. The standard InChI is InChI=1S/C12H21NO2/c1-4-13(5-2)11-6-8-12(9-7-11)15-10(3)14/h6,8,11-12H,4-5,7,9H2,1-3H3/t11-,12+/m0/s1. The summed E-state index contributed by atoms with van der Waals surface area (Å²) in [5.41, 5.74) is 0. The van der Waals surface area contributed by atoms with Gasteiger partial charge in [0.15, 0.2) is 0 Å². The minimum absolute atomic E-state index is 0.00527. The molecule has 2 atom stereocenters. The number of esters is 1. The van der Waals surface area contributed by atoms with Crippen molar-refractivity contribution in [1.82, 2.24) is 4.90 Å². The third-order valence-corrected chi connectivity index (χ3v) is 2.89. The second-order valence-corrected chi connectivity index (χ2v) is 3.90. The maximum absolute atomic E-state index is 10.8. The van der Waals surface area contributed by atoms with Crippen LogP contribution < -0.4 is 0 Å². The average molecular weight is 211 g/mol. The minimum Gasteiger partial charge on any atom is -0.458 e. The van der Waals surface area contributed by atoms with Gasteiger partial charge in [-0.2, -0.15) is 0 Å². The molecule has 0 fully saturated rings. The Morgan fingerprint density at radius 1 is 1.33 bits per heavy atom. The van der Waals surface area contributed by atoms with Crippen LogP contribution in [0, 0.1) is 0 Å². The van der Waals surface area contributed by atoms with E-state index < -0.39 is 0 Å². The normalized spacial score (nSPS) is 25.6. The highest BCUT2D eigenvalue weighted by molar-refractivity contribution is 5.66. The van der Waals surface area contributed by atoms with Gasteiger partial charge in [0.25, 0.3) is 0 Å². The lowest BCUT2D eigenvalue weighted by atomic mass is 9.99. The first-order valence-electron chi connectivity index (χ1n) is 5.77. The van der Waals surface area contributed by atoms with Crippen LogP contribution in [0.4, 0.5) is 0 Å². The van der Waals surface area contributed by atoms with E-state index in [2.05, 4.69) is 24.8 Å². The fraction of sp³-hybridized carbons (Fsp3) is 0.750. The number of nitrogens with zero attached hydrogens (tertiary/aromatic N) is 1. The smallest absolute Gasteiger partial charge is 0.303 e. The van der Waals surface area contributed by atoms with E-state index in [0.717, 1.165) is 25.9 Å². The molecule has 0 N–H and O–H groups in total. The minimum atomic E-state index is -0.189. The summed E-state index contributed by atoms with van der Waals surface area (Å²) in [5, 5.41) is 0. The lowest BCUT2D eigenvalue weighted by molar-refractivity contribution is -0.144. The van der Waals surface area contributed by atoms with E-state index in [9.17, 15) is 4.79 Å². The van der Waals surface area contributed by atoms with Crippen LogP contribution in [0.15, 0.2) is 12.2 Å². The van der Waals surface area contributed by atoms with Crippen molar-refractivity contribution < 1.29 is 9.53 Å². The van der Waals surface area contributed by atoms with Gasteiger partial charge in [0.2, 0.25) is 0 Å². The van der Waals surface area contributed by atoms with Crippen molar-refractivity contribution in [1.29, 1.82) is 0 Å². The van der Waals surface area contributed by atoms with Crippen molar-refractivity contribution in [2.45, 2.75) is 45.8 Å². The SMILES string of the molecule is CCN(CC)[C@H]1C=C[C@@H](OC(C)=O)CC1. The Kier molecular flexibility index (Phi) is 4.82. The maximum atomic E-state index is 10.8. The molecule has 0 saturated heterocycles. The highest BCUT2D eigenvalue weighted by Gasteiger charge is 2.20. The summed E-state index contributed by atoms with van der Waals surface area (Å²) in [6.07, 6.45) is 6.21. The Morgan fingerprint density at radius 3 is 2.40 bits per heavy atom. The monoisotopic (exact) mass is 211 g/mol. The van der Waals surface area contributed by atoms with Crippen LogP contribution in [-0.4, -0.2) is 36.1 Å². The van der Waals surface area contributed by atoms with Gasteiger partial charge in [0.1, 0.15) is 6.10 Å². The quantitative estimate of drug-likeness (QED) is 0.526. The van der Waals surface area contributed by atoms with Crippen LogP contribution in [-0.2, 0) is 9.53 Å². The Labute approximate surface area is 92.1 Å². The van der Waals surface area contributed by atoms with Gasteiger partial charge in [-0.05, 0) is 32.0 Å². The van der Waals surface area contributed by atoms with Crippen LogP contribution in [0.2, 0.25) is 0 Å². The summed E-state index contributed by atoms with van der Waals surface area (Å²) in [5.74, 6) is -0.189. The molecule has 15 heavy (non-hydrogen) atoms. The molecule has 86 valence electrons. The van der Waals surface area contributed by atoms with Crippen LogP contribution in [0.25, 0.3) is 0 Å². The first kappa shape index (κ1) is 12.2. The molecule has 3 nitrogen and oxygen atoms in total. The fourth-order valence-corrected chi connectivity index (χ4v) is 2.09. The van der Waals surface area contributed by atoms with Gasteiger partial charge in [-0.1, -0.05) is 19.9 Å². The summed E-state index contributed by atoms with van der Waals surface area (Å²) in [6, 6.07) is 0.520. The summed E-state index contributed by atoms with van der Waals surface area (Å²) >= 11 is 0. The van der Waals surface area contributed by atoms with E-state index in [1.165, 1.54) is 6.92 Å². The third kappa shape index (κ3) is 3.67. The fourth-order valence-electron chi connectivity index (χ4n) is 2.09. The Bertz CT molecular complexity index is 234. The number of hydrogen-bond acceptors (Lipinski definition) is 3. The second-order valence-electron chi connectivity index (χ2n) is 3.90. The average Bonchev–Trinajstić information content (AvgIpc) is 2.21. The number of carbonyl (C=O) groups is 1. The lowest BCUT2D eigenvalue weighted by Crippen LogP contribution is -2.36. The molecule has 0 amide bonds. The zero-order valence-electron chi connectivity index (χ0n) is 9.90. The first-order valence-corrected chi connectivity index (χ1v) is 5.77. The van der Waals surface area contributed by atoms with Crippen molar-refractivity contribution in [3.05, 3.63) is 12.2 Å². The predicted molar refractivity (Wildman–Crippen MR) is 60.6 cm³/mol. The molecule has 0 saturated carbocycles. The molecule has 1 aliphatic rings. The molecule has 0 bridgehead atoms. The van der Waals surface area contributed by atoms with E-state index in [1.807, 2.05) is 6.08 Å². The van der Waals surface area contributed by atoms with Crippen molar-refractivity contribution in [2.75, 3.05) is 13.1 Å². The largest absolute Gasteiger partial charge is 0.458 e. The Balaban J connectivity index is 2.46.